The lowest BCUT2D eigenvalue weighted by Crippen LogP contribution is -2.33. The Kier molecular flexibility index (Phi) is 5.47. The number of carbonyl (C=O) groups is 1. The molecule has 0 aromatic carbocycles. The van der Waals surface area contributed by atoms with Gasteiger partial charge in [-0.05, 0) is 51.5 Å². The Bertz CT molecular complexity index is 968. The van der Waals surface area contributed by atoms with Crippen LogP contribution >= 0.6 is 0 Å². The molecule has 2 fully saturated rings. The number of hydrogen-bond acceptors (Lipinski definition) is 5. The molecule has 1 N–H and O–H groups in total. The summed E-state index contributed by atoms with van der Waals surface area (Å²) in [5.74, 6) is 0.801. The zero-order valence-corrected chi connectivity index (χ0v) is 17.9. The van der Waals surface area contributed by atoms with E-state index < -0.39 is 0 Å². The maximum Gasteiger partial charge on any atom is 0.234 e. The van der Waals surface area contributed by atoms with Crippen LogP contribution in [0.4, 0.5) is 0 Å². The van der Waals surface area contributed by atoms with Gasteiger partial charge in [-0.15, -0.1) is 0 Å². The number of amides is 1. The molecule has 0 saturated carbocycles. The molecule has 2 aromatic heterocycles. The first kappa shape index (κ1) is 20.3. The van der Waals surface area contributed by atoms with Crippen molar-refractivity contribution in [1.29, 1.82) is 0 Å². The summed E-state index contributed by atoms with van der Waals surface area (Å²) in [7, 11) is 1.89. The molecule has 0 aliphatic carbocycles. The van der Waals surface area contributed by atoms with E-state index >= 15 is 0 Å². The Hall–Kier alpha value is -2.93. The summed E-state index contributed by atoms with van der Waals surface area (Å²) in [6, 6.07) is 3.81. The van der Waals surface area contributed by atoms with Crippen molar-refractivity contribution in [2.24, 2.45) is 12.5 Å². The number of hydrogen-bond donors (Lipinski definition) is 1. The average Bonchev–Trinajstić information content (AvgIpc) is 3.40. The van der Waals surface area contributed by atoms with Crippen LogP contribution < -0.4 is 10.1 Å². The fourth-order valence-corrected chi connectivity index (χ4v) is 4.30. The summed E-state index contributed by atoms with van der Waals surface area (Å²) < 4.78 is 7.44. The number of pyridine rings is 1. The van der Waals surface area contributed by atoms with Crippen molar-refractivity contribution in [1.82, 2.24) is 25.0 Å². The normalized spacial score (nSPS) is 21.5. The maximum atomic E-state index is 13.0. The number of ether oxygens (including phenoxy) is 1. The Labute approximate surface area is 177 Å². The van der Waals surface area contributed by atoms with Gasteiger partial charge in [-0.25, -0.2) is 4.98 Å². The zero-order chi connectivity index (χ0) is 21.3. The highest BCUT2D eigenvalue weighted by Gasteiger charge is 2.47. The van der Waals surface area contributed by atoms with E-state index in [0.29, 0.717) is 5.88 Å². The fraction of sp³-hybridized carbons (Fsp3) is 0.435. The molecule has 2 aliphatic heterocycles. The van der Waals surface area contributed by atoms with Crippen molar-refractivity contribution in [2.45, 2.75) is 32.8 Å². The number of carbonyl (C=O) groups excluding carboxylic acids is 1. The van der Waals surface area contributed by atoms with E-state index in [1.54, 1.807) is 17.0 Å². The van der Waals surface area contributed by atoms with Crippen molar-refractivity contribution in [2.75, 3.05) is 19.6 Å². The summed E-state index contributed by atoms with van der Waals surface area (Å²) in [5, 5.41) is 8.01. The number of nitrogens with one attached hydrogen (secondary N) is 1. The van der Waals surface area contributed by atoms with Crippen molar-refractivity contribution >= 4 is 18.1 Å². The predicted octanol–water partition coefficient (Wildman–Crippen LogP) is 3.10. The third-order valence-corrected chi connectivity index (χ3v) is 5.90. The Morgan fingerprint density at radius 1 is 1.33 bits per heavy atom. The molecule has 1 amide bonds. The lowest BCUT2D eigenvalue weighted by atomic mass is 9.86. The number of rotatable bonds is 6. The topological polar surface area (TPSA) is 72.3 Å². The van der Waals surface area contributed by atoms with Crippen LogP contribution in [0.2, 0.25) is 0 Å². The third-order valence-electron chi connectivity index (χ3n) is 5.90. The number of nitrogens with zero attached hydrogens (tertiary/aromatic N) is 4. The van der Waals surface area contributed by atoms with Crippen LogP contribution in [-0.4, -0.2) is 51.3 Å². The van der Waals surface area contributed by atoms with Crippen LogP contribution in [0.1, 0.15) is 37.9 Å². The van der Waals surface area contributed by atoms with Crippen LogP contribution in [0.15, 0.2) is 31.1 Å². The van der Waals surface area contributed by atoms with E-state index in [1.807, 2.05) is 50.2 Å². The second kappa shape index (κ2) is 8.07. The summed E-state index contributed by atoms with van der Waals surface area (Å²) in [6.07, 6.45) is 9.31. The summed E-state index contributed by atoms with van der Waals surface area (Å²) >= 11 is 0. The predicted molar refractivity (Wildman–Crippen MR) is 118 cm³/mol. The molecule has 0 bridgehead atoms. The zero-order valence-electron chi connectivity index (χ0n) is 17.9. The minimum atomic E-state index is -0.223. The molecule has 7 heteroatoms. The van der Waals surface area contributed by atoms with Gasteiger partial charge in [0.15, 0.2) is 0 Å². The highest BCUT2D eigenvalue weighted by atomic mass is 16.5. The molecule has 0 unspecified atom stereocenters. The van der Waals surface area contributed by atoms with E-state index in [-0.39, 0.29) is 17.4 Å². The van der Waals surface area contributed by atoms with Crippen molar-refractivity contribution in [3.05, 3.63) is 42.4 Å². The number of aryl methyl sites for hydroxylation is 1. The van der Waals surface area contributed by atoms with Crippen LogP contribution in [0, 0.1) is 5.41 Å². The molecule has 2 saturated heterocycles. The molecule has 2 aliphatic rings. The molecule has 7 nitrogen and oxygen atoms in total. The molecule has 4 heterocycles. The van der Waals surface area contributed by atoms with E-state index in [4.69, 9.17) is 4.74 Å². The second-order valence-electron chi connectivity index (χ2n) is 8.30. The van der Waals surface area contributed by atoms with Gasteiger partial charge in [-0.3, -0.25) is 9.48 Å². The van der Waals surface area contributed by atoms with Gasteiger partial charge in [0.05, 0.1) is 17.2 Å². The molecule has 158 valence electrons. The molecule has 30 heavy (non-hydrogen) atoms. The molecular formula is C23H29N5O2. The minimum Gasteiger partial charge on any atom is -0.475 e. The van der Waals surface area contributed by atoms with Crippen LogP contribution in [0.3, 0.4) is 0 Å². The molecule has 1 atom stereocenters. The van der Waals surface area contributed by atoms with E-state index in [2.05, 4.69) is 22.0 Å². The van der Waals surface area contributed by atoms with Crippen LogP contribution in [0.25, 0.3) is 23.4 Å². The summed E-state index contributed by atoms with van der Waals surface area (Å²) in [4.78, 5) is 19.2. The molecular weight excluding hydrogens is 378 g/mol. The summed E-state index contributed by atoms with van der Waals surface area (Å²) in [6.45, 7) is 10.3. The third kappa shape index (κ3) is 3.65. The fourth-order valence-electron chi connectivity index (χ4n) is 4.30. The van der Waals surface area contributed by atoms with Gasteiger partial charge in [0.25, 0.3) is 0 Å². The first-order chi connectivity index (χ1) is 14.4. The Morgan fingerprint density at radius 3 is 2.80 bits per heavy atom. The van der Waals surface area contributed by atoms with Crippen molar-refractivity contribution in [3.63, 3.8) is 0 Å². The molecule has 2 aromatic rings. The van der Waals surface area contributed by atoms with Crippen LogP contribution in [0.5, 0.6) is 5.88 Å². The Balaban J connectivity index is 1.62. The van der Waals surface area contributed by atoms with Gasteiger partial charge in [0, 0.05) is 49.7 Å². The Morgan fingerprint density at radius 2 is 2.17 bits per heavy atom. The minimum absolute atomic E-state index is 0.0698. The number of aromatic nitrogens is 3. The first-order valence-corrected chi connectivity index (χ1v) is 10.5. The molecule has 0 radical (unpaired) electrons. The van der Waals surface area contributed by atoms with E-state index in [9.17, 15) is 4.79 Å². The van der Waals surface area contributed by atoms with Crippen molar-refractivity contribution in [3.8, 4) is 17.1 Å². The standard InChI is InChI=1S/C23H29N5O2/c1-5-19-18(8-12-28-13-10-23(22(28)29)9-11-24-15-23)21(26-27(19)4)17-6-7-20(25-14-17)30-16(2)3/h5-8,12,14,16,24H,1,9-11,13,15H2,2-4H3/b12-8+/t23-/m1/s1. The van der Waals surface area contributed by atoms with Gasteiger partial charge in [0.2, 0.25) is 11.8 Å². The largest absolute Gasteiger partial charge is 0.475 e. The van der Waals surface area contributed by atoms with E-state index in [1.165, 1.54) is 0 Å². The van der Waals surface area contributed by atoms with Crippen LogP contribution in [-0.2, 0) is 11.8 Å². The lowest BCUT2D eigenvalue weighted by Gasteiger charge is -2.19. The van der Waals surface area contributed by atoms with Gasteiger partial charge in [-0.2, -0.15) is 5.10 Å². The summed E-state index contributed by atoms with van der Waals surface area (Å²) in [5.41, 5.74) is 3.28. The molecule has 4 rings (SSSR count). The first-order valence-electron chi connectivity index (χ1n) is 10.5. The van der Waals surface area contributed by atoms with E-state index in [0.717, 1.165) is 55.0 Å². The van der Waals surface area contributed by atoms with Gasteiger partial charge in [0.1, 0.15) is 5.69 Å². The lowest BCUT2D eigenvalue weighted by molar-refractivity contribution is -0.133. The smallest absolute Gasteiger partial charge is 0.234 e. The quantitative estimate of drug-likeness (QED) is 0.797. The second-order valence-corrected chi connectivity index (χ2v) is 8.30. The van der Waals surface area contributed by atoms with Gasteiger partial charge in [-0.1, -0.05) is 6.58 Å². The SMILES string of the molecule is C=Cc1c(/C=C/N2CC[C@@]3(CCNC3)C2=O)c(-c2ccc(OC(C)C)nc2)nn1C. The average molecular weight is 408 g/mol. The monoisotopic (exact) mass is 407 g/mol. The highest BCUT2D eigenvalue weighted by Crippen LogP contribution is 2.38. The molecule has 1 spiro atoms. The van der Waals surface area contributed by atoms with Gasteiger partial charge < -0.3 is 15.0 Å². The number of likely N-dealkylation sites (tertiary alicyclic amines) is 1. The highest BCUT2D eigenvalue weighted by molar-refractivity contribution is 5.87. The van der Waals surface area contributed by atoms with Gasteiger partial charge >= 0.3 is 0 Å². The van der Waals surface area contributed by atoms with Crippen molar-refractivity contribution < 1.29 is 9.53 Å². The maximum absolute atomic E-state index is 13.0.